The first kappa shape index (κ1) is 13.1. The fourth-order valence-corrected chi connectivity index (χ4v) is 1.75. The standard InChI is InChI=1S/C13H17N5O/c1-9-6-17-18(8-9)4-3-15-13(19)12-5-11(14)7-16-10(12)2/h5-8H,3-4,14H2,1-2H3,(H,15,19). The number of rotatable bonds is 4. The molecule has 0 saturated heterocycles. The fraction of sp³-hybridized carbons (Fsp3) is 0.308. The van der Waals surface area contributed by atoms with Crippen molar-refractivity contribution in [3.05, 3.63) is 41.5 Å². The summed E-state index contributed by atoms with van der Waals surface area (Å²) in [5.41, 5.74) is 8.39. The first-order chi connectivity index (χ1) is 9.06. The van der Waals surface area contributed by atoms with Gasteiger partial charge in [0.1, 0.15) is 0 Å². The highest BCUT2D eigenvalue weighted by Gasteiger charge is 2.09. The van der Waals surface area contributed by atoms with E-state index >= 15 is 0 Å². The number of hydrogen-bond acceptors (Lipinski definition) is 4. The number of amides is 1. The average Bonchev–Trinajstić information content (AvgIpc) is 2.78. The van der Waals surface area contributed by atoms with Gasteiger partial charge in [0.15, 0.2) is 0 Å². The van der Waals surface area contributed by atoms with E-state index < -0.39 is 0 Å². The third-order valence-corrected chi connectivity index (χ3v) is 2.74. The molecule has 0 spiro atoms. The zero-order chi connectivity index (χ0) is 13.8. The summed E-state index contributed by atoms with van der Waals surface area (Å²) in [5.74, 6) is -0.166. The minimum atomic E-state index is -0.166. The number of anilines is 1. The van der Waals surface area contributed by atoms with Gasteiger partial charge in [-0.15, -0.1) is 0 Å². The van der Waals surface area contributed by atoms with Crippen molar-refractivity contribution in [1.29, 1.82) is 0 Å². The lowest BCUT2D eigenvalue weighted by molar-refractivity contribution is 0.0951. The number of carbonyl (C=O) groups is 1. The Morgan fingerprint density at radius 2 is 2.21 bits per heavy atom. The van der Waals surface area contributed by atoms with E-state index in [1.807, 2.05) is 13.1 Å². The smallest absolute Gasteiger partial charge is 0.253 e. The van der Waals surface area contributed by atoms with E-state index in [1.54, 1.807) is 30.1 Å². The Hall–Kier alpha value is -2.37. The van der Waals surface area contributed by atoms with Crippen LogP contribution < -0.4 is 11.1 Å². The molecule has 6 nitrogen and oxygen atoms in total. The number of aryl methyl sites for hydroxylation is 2. The van der Waals surface area contributed by atoms with Crippen LogP contribution >= 0.6 is 0 Å². The highest BCUT2D eigenvalue weighted by Crippen LogP contribution is 2.09. The number of nitrogens with two attached hydrogens (primary N) is 1. The SMILES string of the molecule is Cc1cnn(CCNC(=O)c2cc(N)cnc2C)c1. The lowest BCUT2D eigenvalue weighted by Crippen LogP contribution is -2.28. The zero-order valence-corrected chi connectivity index (χ0v) is 11.1. The summed E-state index contributed by atoms with van der Waals surface area (Å²) in [6.45, 7) is 4.90. The Morgan fingerprint density at radius 1 is 1.42 bits per heavy atom. The molecule has 19 heavy (non-hydrogen) atoms. The summed E-state index contributed by atoms with van der Waals surface area (Å²) in [5, 5.41) is 6.98. The third kappa shape index (κ3) is 3.31. The molecule has 3 N–H and O–H groups in total. The maximum Gasteiger partial charge on any atom is 0.253 e. The number of nitrogen functional groups attached to an aromatic ring is 1. The third-order valence-electron chi connectivity index (χ3n) is 2.74. The summed E-state index contributed by atoms with van der Waals surface area (Å²) in [7, 11) is 0. The molecule has 1 amide bonds. The minimum absolute atomic E-state index is 0.166. The van der Waals surface area contributed by atoms with Crippen LogP contribution in [-0.2, 0) is 6.54 Å². The number of nitrogens with one attached hydrogen (secondary N) is 1. The predicted octanol–water partition coefficient (Wildman–Crippen LogP) is 0.907. The second-order valence-electron chi connectivity index (χ2n) is 4.44. The monoisotopic (exact) mass is 259 g/mol. The molecule has 0 saturated carbocycles. The number of carbonyl (C=O) groups excluding carboxylic acids is 1. The molecule has 0 fully saturated rings. The molecule has 0 aliphatic heterocycles. The molecule has 2 aromatic rings. The van der Waals surface area contributed by atoms with Gasteiger partial charge >= 0.3 is 0 Å². The molecular formula is C13H17N5O. The van der Waals surface area contributed by atoms with E-state index in [-0.39, 0.29) is 5.91 Å². The van der Waals surface area contributed by atoms with E-state index in [4.69, 9.17) is 5.73 Å². The molecule has 0 aliphatic carbocycles. The molecular weight excluding hydrogens is 242 g/mol. The fourth-order valence-electron chi connectivity index (χ4n) is 1.75. The first-order valence-electron chi connectivity index (χ1n) is 6.05. The zero-order valence-electron chi connectivity index (χ0n) is 11.1. The largest absolute Gasteiger partial charge is 0.397 e. The summed E-state index contributed by atoms with van der Waals surface area (Å²) in [4.78, 5) is 16.0. The summed E-state index contributed by atoms with van der Waals surface area (Å²) in [6, 6.07) is 1.63. The summed E-state index contributed by atoms with van der Waals surface area (Å²) in [6.07, 6.45) is 5.26. The van der Waals surface area contributed by atoms with E-state index in [1.165, 1.54) is 0 Å². The molecule has 2 rings (SSSR count). The molecule has 2 aromatic heterocycles. The number of nitrogens with zero attached hydrogens (tertiary/aromatic N) is 3. The van der Waals surface area contributed by atoms with Gasteiger partial charge in [0, 0.05) is 12.7 Å². The van der Waals surface area contributed by atoms with Crippen molar-refractivity contribution in [2.75, 3.05) is 12.3 Å². The van der Waals surface area contributed by atoms with Crippen LogP contribution in [0.2, 0.25) is 0 Å². The molecule has 0 radical (unpaired) electrons. The van der Waals surface area contributed by atoms with Gasteiger partial charge in [-0.05, 0) is 25.5 Å². The Bertz CT molecular complexity index is 590. The van der Waals surface area contributed by atoms with Crippen molar-refractivity contribution in [2.24, 2.45) is 0 Å². The Labute approximate surface area is 111 Å². The van der Waals surface area contributed by atoms with Gasteiger partial charge < -0.3 is 11.1 Å². The quantitative estimate of drug-likeness (QED) is 0.854. The van der Waals surface area contributed by atoms with E-state index in [0.717, 1.165) is 5.56 Å². The molecule has 6 heteroatoms. The Kier molecular flexibility index (Phi) is 3.79. The van der Waals surface area contributed by atoms with Gasteiger partial charge in [-0.2, -0.15) is 5.10 Å². The van der Waals surface area contributed by atoms with Crippen LogP contribution in [0.5, 0.6) is 0 Å². The van der Waals surface area contributed by atoms with Crippen LogP contribution in [0.25, 0.3) is 0 Å². The molecule has 2 heterocycles. The van der Waals surface area contributed by atoms with Gasteiger partial charge in [0.2, 0.25) is 0 Å². The average molecular weight is 259 g/mol. The lowest BCUT2D eigenvalue weighted by atomic mass is 10.2. The first-order valence-corrected chi connectivity index (χ1v) is 6.05. The maximum absolute atomic E-state index is 12.0. The van der Waals surface area contributed by atoms with Gasteiger partial charge in [-0.3, -0.25) is 14.5 Å². The molecule has 0 atom stereocenters. The van der Waals surface area contributed by atoms with Crippen LogP contribution in [-0.4, -0.2) is 27.2 Å². The minimum Gasteiger partial charge on any atom is -0.397 e. The second-order valence-corrected chi connectivity index (χ2v) is 4.44. The summed E-state index contributed by atoms with van der Waals surface area (Å²) < 4.78 is 1.79. The Balaban J connectivity index is 1.92. The lowest BCUT2D eigenvalue weighted by Gasteiger charge is -2.08. The number of hydrogen-bond donors (Lipinski definition) is 2. The molecule has 0 unspecified atom stereocenters. The van der Waals surface area contributed by atoms with Crippen molar-refractivity contribution >= 4 is 11.6 Å². The van der Waals surface area contributed by atoms with E-state index in [0.29, 0.717) is 30.0 Å². The molecule has 100 valence electrons. The van der Waals surface area contributed by atoms with Gasteiger partial charge in [-0.25, -0.2) is 0 Å². The topological polar surface area (TPSA) is 85.8 Å². The van der Waals surface area contributed by atoms with E-state index in [9.17, 15) is 4.79 Å². The normalized spacial score (nSPS) is 10.4. The van der Waals surface area contributed by atoms with Crippen LogP contribution in [0, 0.1) is 13.8 Å². The van der Waals surface area contributed by atoms with Crippen molar-refractivity contribution in [3.63, 3.8) is 0 Å². The highest BCUT2D eigenvalue weighted by atomic mass is 16.1. The van der Waals surface area contributed by atoms with Crippen molar-refractivity contribution in [3.8, 4) is 0 Å². The molecule has 0 aromatic carbocycles. The highest BCUT2D eigenvalue weighted by molar-refractivity contribution is 5.95. The van der Waals surface area contributed by atoms with Crippen molar-refractivity contribution < 1.29 is 4.79 Å². The number of pyridine rings is 1. The van der Waals surface area contributed by atoms with Crippen LogP contribution in [0.1, 0.15) is 21.6 Å². The summed E-state index contributed by atoms with van der Waals surface area (Å²) >= 11 is 0. The molecule has 0 bridgehead atoms. The second kappa shape index (κ2) is 5.51. The predicted molar refractivity (Wildman–Crippen MR) is 72.7 cm³/mol. The Morgan fingerprint density at radius 3 is 2.89 bits per heavy atom. The van der Waals surface area contributed by atoms with Crippen LogP contribution in [0.15, 0.2) is 24.7 Å². The molecule has 0 aliphatic rings. The van der Waals surface area contributed by atoms with Gasteiger partial charge in [0.25, 0.3) is 5.91 Å². The van der Waals surface area contributed by atoms with Crippen molar-refractivity contribution in [1.82, 2.24) is 20.1 Å². The van der Waals surface area contributed by atoms with Gasteiger partial charge in [0.05, 0.1) is 35.9 Å². The van der Waals surface area contributed by atoms with Gasteiger partial charge in [-0.1, -0.05) is 0 Å². The maximum atomic E-state index is 12.0. The van der Waals surface area contributed by atoms with Crippen molar-refractivity contribution in [2.45, 2.75) is 20.4 Å². The van der Waals surface area contributed by atoms with Crippen LogP contribution in [0.3, 0.4) is 0 Å². The van der Waals surface area contributed by atoms with E-state index in [2.05, 4.69) is 15.4 Å². The number of aromatic nitrogens is 3. The van der Waals surface area contributed by atoms with Crippen LogP contribution in [0.4, 0.5) is 5.69 Å².